The topological polar surface area (TPSA) is 207 Å². The van der Waals surface area contributed by atoms with Crippen LogP contribution in [0.2, 0.25) is 0 Å². The fourth-order valence-corrected chi connectivity index (χ4v) is 8.20. The zero-order valence-corrected chi connectivity index (χ0v) is 29.8. The molecular weight excluding hydrogens is 680 g/mol. The summed E-state index contributed by atoms with van der Waals surface area (Å²) in [5.41, 5.74) is 5.95. The average Bonchev–Trinajstić information content (AvgIpc) is 3.85. The Morgan fingerprint density at radius 2 is 1.94 bits per heavy atom. The molecule has 278 valence electrons. The highest BCUT2D eigenvalue weighted by Crippen LogP contribution is 2.36. The van der Waals surface area contributed by atoms with Gasteiger partial charge in [-0.05, 0) is 48.8 Å². The normalized spacial score (nSPS) is 21.2. The molecule has 3 aliphatic rings. The number of carbonyl (C=O) groups is 1. The van der Waals surface area contributed by atoms with E-state index in [4.69, 9.17) is 34.7 Å². The largest absolute Gasteiger partial charge is 0.454 e. The first-order valence-electron chi connectivity index (χ1n) is 17.2. The molecule has 5 rings (SSSR count). The second-order valence-corrected chi connectivity index (χ2v) is 15.7. The van der Waals surface area contributed by atoms with Gasteiger partial charge in [0, 0.05) is 25.7 Å². The number of unbranched alkanes of at least 4 members (excludes halogenated alkanes) is 2. The van der Waals surface area contributed by atoms with Crippen LogP contribution in [0, 0.1) is 22.8 Å². The number of nitrogens with zero attached hydrogens (tertiary/aromatic N) is 3. The lowest BCUT2D eigenvalue weighted by molar-refractivity contribution is -0.0907. The van der Waals surface area contributed by atoms with Crippen LogP contribution < -0.4 is 25.8 Å². The molecule has 51 heavy (non-hydrogen) atoms. The van der Waals surface area contributed by atoms with Crippen LogP contribution in [0.15, 0.2) is 58.4 Å². The van der Waals surface area contributed by atoms with Gasteiger partial charge in [-0.1, -0.05) is 57.0 Å². The summed E-state index contributed by atoms with van der Waals surface area (Å²) in [6.07, 6.45) is 2.77. The fraction of sp³-hybridized carbons (Fsp3) is 0.571. The number of nitrogens with two attached hydrogens (primary N) is 1. The first kappa shape index (κ1) is 38.1. The number of rotatable bonds is 17. The molecule has 15 nitrogen and oxygen atoms in total. The van der Waals surface area contributed by atoms with Crippen LogP contribution >= 0.6 is 0 Å². The van der Waals surface area contributed by atoms with E-state index >= 15 is 0 Å². The van der Waals surface area contributed by atoms with Crippen LogP contribution in [-0.4, -0.2) is 94.1 Å². The number of aliphatic hydroxyl groups excluding tert-OH is 1. The highest BCUT2D eigenvalue weighted by Gasteiger charge is 2.44. The predicted octanol–water partition coefficient (Wildman–Crippen LogP) is 2.84. The summed E-state index contributed by atoms with van der Waals surface area (Å²) in [4.78, 5) is 17.4. The third kappa shape index (κ3) is 10.5. The number of hydrogen-bond donors (Lipinski definition) is 4. The number of fused-ring (bicyclic) bond motifs is 2. The molecule has 0 aromatic heterocycles. The summed E-state index contributed by atoms with van der Waals surface area (Å²) in [6.45, 7) is 4.94. The summed E-state index contributed by atoms with van der Waals surface area (Å²) in [5.74, 6) is 0.772. The van der Waals surface area contributed by atoms with Crippen molar-refractivity contribution in [1.29, 1.82) is 5.26 Å². The monoisotopic (exact) mass is 728 g/mol. The Morgan fingerprint density at radius 1 is 1.16 bits per heavy atom. The third-order valence-electron chi connectivity index (χ3n) is 9.26. The van der Waals surface area contributed by atoms with E-state index in [0.717, 1.165) is 24.8 Å². The lowest BCUT2D eigenvalue weighted by atomic mass is 9.86. The van der Waals surface area contributed by atoms with Gasteiger partial charge in [0.2, 0.25) is 22.8 Å². The minimum Gasteiger partial charge on any atom is -0.454 e. The van der Waals surface area contributed by atoms with Gasteiger partial charge in [0.15, 0.2) is 24.0 Å². The molecule has 0 spiro atoms. The van der Waals surface area contributed by atoms with Gasteiger partial charge in [-0.15, -0.1) is 0 Å². The van der Waals surface area contributed by atoms with Crippen LogP contribution in [0.5, 0.6) is 11.5 Å². The molecule has 0 unspecified atom stereocenters. The number of hydrogen-bond acceptors (Lipinski definition) is 11. The van der Waals surface area contributed by atoms with Crippen molar-refractivity contribution >= 4 is 22.1 Å². The molecule has 16 heteroatoms. The summed E-state index contributed by atoms with van der Waals surface area (Å²) < 4.78 is 57.7. The van der Waals surface area contributed by atoms with E-state index in [1.165, 1.54) is 16.4 Å². The van der Waals surface area contributed by atoms with Gasteiger partial charge in [-0.3, -0.25) is 10.3 Å². The lowest BCUT2D eigenvalue weighted by Crippen LogP contribution is -2.52. The first-order chi connectivity index (χ1) is 24.4. The van der Waals surface area contributed by atoms with Crippen molar-refractivity contribution < 1.29 is 42.0 Å². The summed E-state index contributed by atoms with van der Waals surface area (Å²) in [6, 6.07) is 12.9. The van der Waals surface area contributed by atoms with E-state index in [0.29, 0.717) is 37.5 Å². The molecule has 3 heterocycles. The summed E-state index contributed by atoms with van der Waals surface area (Å²) >= 11 is 0. The van der Waals surface area contributed by atoms with Crippen LogP contribution in [0.4, 0.5) is 4.79 Å². The molecular formula is C35H48N6O9S. The van der Waals surface area contributed by atoms with Gasteiger partial charge in [-0.2, -0.15) is 9.57 Å². The van der Waals surface area contributed by atoms with E-state index < -0.39 is 46.1 Å². The Labute approximate surface area is 299 Å². The molecule has 5 N–H and O–H groups in total. The molecule has 2 aromatic rings. The maximum Gasteiger partial charge on any atom is 0.407 e. The number of nitrogens with one attached hydrogen (secondary N) is 2. The zero-order valence-electron chi connectivity index (χ0n) is 29.0. The predicted molar refractivity (Wildman–Crippen MR) is 186 cm³/mol. The average molecular weight is 729 g/mol. The second kappa shape index (κ2) is 17.4. The van der Waals surface area contributed by atoms with Crippen LogP contribution in [0.1, 0.15) is 51.5 Å². The highest BCUT2D eigenvalue weighted by atomic mass is 32.2. The van der Waals surface area contributed by atoms with Gasteiger partial charge in [-0.25, -0.2) is 13.2 Å². The van der Waals surface area contributed by atoms with Gasteiger partial charge in [0.05, 0.1) is 36.2 Å². The number of amides is 1. The Hall–Kier alpha value is -4.14. The van der Waals surface area contributed by atoms with Crippen molar-refractivity contribution in [1.82, 2.24) is 14.9 Å². The smallest absolute Gasteiger partial charge is 0.407 e. The Bertz CT molecular complexity index is 1650. The van der Waals surface area contributed by atoms with Crippen LogP contribution in [0.3, 0.4) is 0 Å². The third-order valence-corrected chi connectivity index (χ3v) is 11.1. The fourth-order valence-electron chi connectivity index (χ4n) is 6.54. The van der Waals surface area contributed by atoms with E-state index in [-0.39, 0.29) is 49.7 Å². The Balaban J connectivity index is 1.32. The van der Waals surface area contributed by atoms with Crippen molar-refractivity contribution in [2.75, 3.05) is 39.6 Å². The first-order valence-corrected chi connectivity index (χ1v) is 18.7. The maximum atomic E-state index is 14.3. The zero-order chi connectivity index (χ0) is 36.4. The quantitative estimate of drug-likeness (QED) is 0.0610. The number of benzene rings is 2. The van der Waals surface area contributed by atoms with E-state index in [1.807, 2.05) is 44.2 Å². The second-order valence-electron chi connectivity index (χ2n) is 13.8. The number of aliphatic imine (C=N–C) groups is 1. The molecule has 2 fully saturated rings. The number of sulfonamides is 1. The van der Waals surface area contributed by atoms with Gasteiger partial charge in [0.1, 0.15) is 6.10 Å². The van der Waals surface area contributed by atoms with E-state index in [1.54, 1.807) is 12.3 Å². The Morgan fingerprint density at radius 3 is 2.73 bits per heavy atom. The number of guanidine groups is 1. The SMILES string of the molecule is CC(C)(CCCCCN=C(N)NC#N)CN(C[C@@H](O)[C@H](Cc1ccccc1)NC(=O)O[C@H]1CO[C@H]2OCC[C@H]21)S(=O)(=O)c1ccc2c(c1)OCO2. The van der Waals surface area contributed by atoms with Crippen molar-refractivity contribution in [2.45, 2.75) is 81.8 Å². The minimum absolute atomic E-state index is 0.00210. The molecule has 3 aliphatic heterocycles. The minimum atomic E-state index is -4.17. The van der Waals surface area contributed by atoms with Crippen molar-refractivity contribution in [3.05, 3.63) is 54.1 Å². The van der Waals surface area contributed by atoms with Crippen LogP contribution in [-0.2, 0) is 30.7 Å². The van der Waals surface area contributed by atoms with E-state index in [2.05, 4.69) is 15.6 Å². The van der Waals surface area contributed by atoms with Crippen LogP contribution in [0.25, 0.3) is 0 Å². The number of ether oxygens (including phenoxy) is 5. The number of aliphatic hydroxyl groups is 1. The van der Waals surface area contributed by atoms with Gasteiger partial charge >= 0.3 is 6.09 Å². The Kier molecular flexibility index (Phi) is 13.0. The van der Waals surface area contributed by atoms with Crippen molar-refractivity contribution in [3.63, 3.8) is 0 Å². The molecule has 2 saturated heterocycles. The summed E-state index contributed by atoms with van der Waals surface area (Å²) in [7, 11) is -4.17. The molecule has 0 saturated carbocycles. The molecule has 5 atom stereocenters. The molecule has 0 aliphatic carbocycles. The lowest BCUT2D eigenvalue weighted by Gasteiger charge is -2.35. The number of alkyl carbamates (subject to hydrolysis) is 1. The van der Waals surface area contributed by atoms with E-state index in [9.17, 15) is 18.3 Å². The maximum absolute atomic E-state index is 14.3. The highest BCUT2D eigenvalue weighted by molar-refractivity contribution is 7.89. The molecule has 2 aromatic carbocycles. The van der Waals surface area contributed by atoms with Crippen molar-refractivity contribution in [3.8, 4) is 17.7 Å². The number of nitriles is 1. The van der Waals surface area contributed by atoms with Gasteiger partial charge in [0.25, 0.3) is 0 Å². The molecule has 1 amide bonds. The standard InChI is InChI=1S/C35H48N6O9S/c1-35(2,14-7-4-8-15-38-33(37)39-22-36)21-41(51(44,45)25-11-12-29-30(18-25)49-23-48-29)19-28(42)27(17-24-9-5-3-6-10-24)40-34(43)50-31-20-47-32-26(31)13-16-46-32/h3,5-6,9-12,18,26-28,31-32,42H,4,7-8,13-17,19-21,23H2,1-2H3,(H,40,43)(H3,37,38,39)/t26-,27-,28+,31-,32+/m0/s1. The summed E-state index contributed by atoms with van der Waals surface area (Å²) in [5, 5.41) is 25.6. The van der Waals surface area contributed by atoms with Gasteiger partial charge < -0.3 is 39.8 Å². The number of carbonyl (C=O) groups excluding carboxylic acids is 1. The van der Waals surface area contributed by atoms with Crippen molar-refractivity contribution in [2.24, 2.45) is 22.1 Å². The molecule has 0 bridgehead atoms. The molecule has 0 radical (unpaired) electrons.